The lowest BCUT2D eigenvalue weighted by Gasteiger charge is -3.57. The Labute approximate surface area is 361 Å². The lowest BCUT2D eigenvalue weighted by atomic mass is 8.44. The van der Waals surface area contributed by atoms with Crippen molar-refractivity contribution in [3.63, 3.8) is 0 Å². The fourth-order valence-corrected chi connectivity index (χ4v) is 50.7. The fraction of sp³-hybridized carbons (Fsp3) is 1.00. The molecule has 0 saturated heterocycles. The molecule has 0 aromatic heterocycles. The van der Waals surface area contributed by atoms with Crippen LogP contribution in [0.5, 0.6) is 0 Å². The van der Waals surface area contributed by atoms with Crippen LogP contribution in [0.3, 0.4) is 0 Å². The van der Waals surface area contributed by atoms with E-state index >= 15 is 0 Å². The van der Waals surface area contributed by atoms with E-state index in [1.165, 1.54) is 0 Å². The van der Waals surface area contributed by atoms with Gasteiger partial charge in [-0.25, -0.2) is 0 Å². The average Bonchev–Trinajstić information content (AvgIpc) is 3.42. The standard InChI is InChI=1S/C60H76/c1-27(2)32(10)31(9)25-47-34(12)28(3,4)35(13,40(31,47)18)52-41(34,19)43(21)36(14)29(5,6)39(17)46(24)45(23)38(16)30(7,8)37(15)44(22)42(20)33(27,11)48(32)26-49-53(42,48)55(44)51(37,38)56(45)57(46)50(36,39)54(43,52)60(57,58(47,49)52)59(49,55)56/h25-26H2,1-24H3. The highest BCUT2D eigenvalue weighted by molar-refractivity contribution is 6.07. The summed E-state index contributed by atoms with van der Waals surface area (Å²) in [4.78, 5) is 0. The minimum Gasteiger partial charge on any atom is -0.0588 e. The van der Waals surface area contributed by atoms with Crippen LogP contribution in [0.15, 0.2) is 0 Å². The van der Waals surface area contributed by atoms with Gasteiger partial charge in [0.2, 0.25) is 0 Å². The second kappa shape index (κ2) is 4.68. The van der Waals surface area contributed by atoms with Gasteiger partial charge in [0.25, 0.3) is 0 Å². The summed E-state index contributed by atoms with van der Waals surface area (Å²) in [5, 5.41) is 0. The lowest BCUT2D eigenvalue weighted by Crippen LogP contribution is -3.56. The third-order valence-corrected chi connectivity index (χ3v) is 46.1. The van der Waals surface area contributed by atoms with Gasteiger partial charge in [-0.05, 0) is 197 Å². The third-order valence-electron chi connectivity index (χ3n) is 46.1. The first kappa shape index (κ1) is 31.1. The van der Waals surface area contributed by atoms with Crippen molar-refractivity contribution in [1.29, 1.82) is 0 Å². The molecule has 0 N–H and O–H groups in total. The van der Waals surface area contributed by atoms with Crippen LogP contribution < -0.4 is 0 Å². The number of rotatable bonds is 0. The Kier molecular flexibility index (Phi) is 2.42. The van der Waals surface area contributed by atoms with Gasteiger partial charge in [-0.3, -0.25) is 0 Å². The monoisotopic (exact) mass is 797 g/mol. The van der Waals surface area contributed by atoms with Crippen molar-refractivity contribution >= 4 is 0 Å². The Morgan fingerprint density at radius 3 is 0.900 bits per heavy atom. The third kappa shape index (κ3) is 0.760. The van der Waals surface area contributed by atoms with Crippen molar-refractivity contribution in [2.45, 2.75) is 179 Å². The predicted octanol–water partition coefficient (Wildman–Crippen LogP) is 13.1. The van der Waals surface area contributed by atoms with Crippen LogP contribution >= 0.6 is 0 Å². The van der Waals surface area contributed by atoms with Crippen molar-refractivity contribution in [2.24, 2.45) is 184 Å². The summed E-state index contributed by atoms with van der Waals surface area (Å²) >= 11 is 0. The summed E-state index contributed by atoms with van der Waals surface area (Å²) in [6, 6.07) is 0. The highest BCUT2D eigenvalue weighted by atomic mass is 15.6. The maximum Gasteiger partial charge on any atom is -0.000140 e. The summed E-state index contributed by atoms with van der Waals surface area (Å²) < 4.78 is 0. The van der Waals surface area contributed by atoms with Crippen molar-refractivity contribution in [1.82, 2.24) is 0 Å². The van der Waals surface area contributed by atoms with Crippen LogP contribution in [0.4, 0.5) is 0 Å². The van der Waals surface area contributed by atoms with E-state index in [2.05, 4.69) is 166 Å². The molecule has 9 bridgehead atoms. The molecule has 0 aromatic rings. The molecule has 316 valence electrons. The van der Waals surface area contributed by atoms with E-state index in [4.69, 9.17) is 0 Å². The molecule has 0 amide bonds. The van der Waals surface area contributed by atoms with Crippen molar-refractivity contribution in [2.75, 3.05) is 0 Å². The van der Waals surface area contributed by atoms with Crippen LogP contribution in [-0.2, 0) is 0 Å². The molecule has 14 spiro atoms. The minimum atomic E-state index is 0.328. The van der Waals surface area contributed by atoms with Crippen molar-refractivity contribution in [3.05, 3.63) is 0 Å². The highest BCUT2D eigenvalue weighted by Gasteiger charge is 3.63. The zero-order valence-electron chi connectivity index (χ0n) is 42.4. The Bertz CT molecular complexity index is 3130. The van der Waals surface area contributed by atoms with Gasteiger partial charge in [0.05, 0.1) is 0 Å². The molecule has 24 rings (SSSR count). The average molecular weight is 797 g/mol. The van der Waals surface area contributed by atoms with Gasteiger partial charge in [0.15, 0.2) is 0 Å². The van der Waals surface area contributed by atoms with E-state index in [0.717, 1.165) is 0 Å². The molecule has 24 aliphatic carbocycles. The van der Waals surface area contributed by atoms with Gasteiger partial charge in [0, 0.05) is 0 Å². The molecule has 0 aliphatic heterocycles. The van der Waals surface area contributed by atoms with Crippen LogP contribution in [0.1, 0.15) is 179 Å². The van der Waals surface area contributed by atoms with Gasteiger partial charge in [0.1, 0.15) is 0 Å². The molecule has 30 unspecified atom stereocenters. The molecule has 0 heterocycles. The summed E-state index contributed by atoms with van der Waals surface area (Å²) in [6.45, 7) is 74.0. The van der Waals surface area contributed by atoms with E-state index in [0.29, 0.717) is 184 Å². The van der Waals surface area contributed by atoms with Gasteiger partial charge in [-0.1, -0.05) is 166 Å². The Hall–Kier alpha value is 0. The molecule has 0 radical (unpaired) electrons. The van der Waals surface area contributed by atoms with Gasteiger partial charge in [-0.2, -0.15) is 0 Å². The fourth-order valence-electron chi connectivity index (χ4n) is 50.7. The lowest BCUT2D eigenvalue weighted by molar-refractivity contribution is -1.13. The topological polar surface area (TPSA) is 0 Å². The molecule has 30 atom stereocenters. The molecular weight excluding hydrogens is 721 g/mol. The maximum atomic E-state index is 3.20. The summed E-state index contributed by atoms with van der Waals surface area (Å²) in [6.07, 6.45) is 3.32. The van der Waals surface area contributed by atoms with Crippen molar-refractivity contribution in [3.8, 4) is 0 Å². The van der Waals surface area contributed by atoms with Crippen LogP contribution in [-0.4, -0.2) is 0 Å². The van der Waals surface area contributed by atoms with Gasteiger partial charge in [-0.15, -0.1) is 0 Å². The first-order valence-electron chi connectivity index (χ1n) is 26.9. The first-order chi connectivity index (χ1) is 26.9. The molecule has 0 heteroatoms. The van der Waals surface area contributed by atoms with Gasteiger partial charge >= 0.3 is 0 Å². The van der Waals surface area contributed by atoms with Crippen LogP contribution in [0, 0.1) is 184 Å². The van der Waals surface area contributed by atoms with E-state index in [-0.39, 0.29) is 0 Å². The summed E-state index contributed by atoms with van der Waals surface area (Å²) in [5.74, 6) is 0. The van der Waals surface area contributed by atoms with E-state index in [9.17, 15) is 0 Å². The highest BCUT2D eigenvalue weighted by Crippen LogP contribution is 3.64. The number of hydrogen-bond acceptors (Lipinski definition) is 0. The Balaban J connectivity index is 1.04. The quantitative estimate of drug-likeness (QED) is 0.229. The largest absolute Gasteiger partial charge is 0.0588 e. The van der Waals surface area contributed by atoms with Crippen LogP contribution in [0.25, 0.3) is 0 Å². The molecule has 0 nitrogen and oxygen atoms in total. The zero-order chi connectivity index (χ0) is 42.4. The molecular formula is C60H76. The molecule has 24 aliphatic rings. The Morgan fingerprint density at radius 2 is 0.450 bits per heavy atom. The SMILES string of the molecule is CC1(C)C2(C)C3(C)CC45C6(C)C(C)(C)C(C)(C34C)C34C6(C)C6(C)C7(C)C(C)(C)C8(C)C9(C)C%10(C)C%11(C)C(C)(C)C%12(C)C%13(C)C%14(C)C1(C)C21CC2%15C%141C%131C%12%11C%10%11C9%10C78C63C%10(C524)C%151%11. The van der Waals surface area contributed by atoms with E-state index in [1.54, 1.807) is 12.8 Å². The van der Waals surface area contributed by atoms with E-state index in [1.807, 2.05) is 0 Å². The maximum absolute atomic E-state index is 3.20. The molecule has 24 saturated carbocycles. The Morgan fingerprint density at radius 1 is 0.167 bits per heavy atom. The smallest absolute Gasteiger partial charge is 0.000140 e. The number of hydrogen-bond donors (Lipinski definition) is 0. The number of fused-ring (bicyclic) bond motifs is 8. The normalized spacial score (nSPS) is 104. The second-order valence-electron chi connectivity index (χ2n) is 36.0. The predicted molar refractivity (Wildman–Crippen MR) is 228 cm³/mol. The molecule has 24 fully saturated rings. The summed E-state index contributed by atoms with van der Waals surface area (Å²) in [5.41, 5.74) is 16.2. The minimum absolute atomic E-state index is 0.328. The van der Waals surface area contributed by atoms with E-state index < -0.39 is 0 Å². The molecule has 60 heavy (non-hydrogen) atoms. The molecule has 0 aromatic carbocycles. The van der Waals surface area contributed by atoms with Gasteiger partial charge < -0.3 is 0 Å². The van der Waals surface area contributed by atoms with Crippen molar-refractivity contribution < 1.29 is 0 Å². The second-order valence-corrected chi connectivity index (χ2v) is 36.0. The zero-order valence-corrected chi connectivity index (χ0v) is 42.4. The first-order valence-corrected chi connectivity index (χ1v) is 26.9. The summed E-state index contributed by atoms with van der Waals surface area (Å²) in [7, 11) is 0. The van der Waals surface area contributed by atoms with Crippen LogP contribution in [0.2, 0.25) is 0 Å².